The molecule has 2 aromatic heterocycles. The number of anilines is 6. The van der Waals surface area contributed by atoms with Crippen LogP contribution in [0.4, 0.5) is 34.1 Å². The van der Waals surface area contributed by atoms with E-state index in [2.05, 4.69) is 242 Å². The average molecular weight is 991 g/mol. The van der Waals surface area contributed by atoms with Crippen molar-refractivity contribution in [2.24, 2.45) is 0 Å². The van der Waals surface area contributed by atoms with E-state index in [-0.39, 0.29) is 5.41 Å². The molecule has 13 aromatic rings. The van der Waals surface area contributed by atoms with Crippen molar-refractivity contribution >= 4 is 56.3 Å². The lowest BCUT2D eigenvalue weighted by Crippen LogP contribution is -2.16. The van der Waals surface area contributed by atoms with Gasteiger partial charge in [0.15, 0.2) is 11.2 Å². The molecule has 1 aliphatic carbocycles. The SMILES string of the molecule is CC1(C)c2cc(-c3ccc(N(c4ccc(-c5ccccc5)cc4)c4ccc(-c5nc6ccccc6o5)cc4)cc3)ccc2-c2ccc(N(c3ccc(-c4ccccc4)cc3)c3ccc(-c4nc5ccccc5o4)cc3)cc21. The number of benzene rings is 11. The molecule has 0 saturated heterocycles. The number of hydrogen-bond donors (Lipinski definition) is 0. The quantitative estimate of drug-likeness (QED) is 0.129. The predicted octanol–water partition coefficient (Wildman–Crippen LogP) is 19.5. The highest BCUT2D eigenvalue weighted by molar-refractivity contribution is 5.89. The number of rotatable bonds is 11. The van der Waals surface area contributed by atoms with Gasteiger partial charge in [0, 0.05) is 50.7 Å². The molecule has 11 aromatic carbocycles. The molecule has 6 nitrogen and oxygen atoms in total. The second-order valence-electron chi connectivity index (χ2n) is 20.2. The molecule has 0 aliphatic heterocycles. The van der Waals surface area contributed by atoms with Gasteiger partial charge in [-0.1, -0.05) is 153 Å². The van der Waals surface area contributed by atoms with E-state index >= 15 is 0 Å². The van der Waals surface area contributed by atoms with Crippen LogP contribution in [0.15, 0.2) is 276 Å². The summed E-state index contributed by atoms with van der Waals surface area (Å²) in [6.45, 7) is 4.72. The Labute approximate surface area is 447 Å². The molecule has 0 fully saturated rings. The lowest BCUT2D eigenvalue weighted by atomic mass is 9.81. The summed E-state index contributed by atoms with van der Waals surface area (Å²) in [6.07, 6.45) is 0. The zero-order valence-electron chi connectivity index (χ0n) is 42.5. The normalized spacial score (nSPS) is 12.4. The topological polar surface area (TPSA) is 58.5 Å². The summed E-state index contributed by atoms with van der Waals surface area (Å²) in [4.78, 5) is 14.2. The van der Waals surface area contributed by atoms with Gasteiger partial charge in [-0.2, -0.15) is 0 Å². The van der Waals surface area contributed by atoms with Crippen molar-refractivity contribution in [1.82, 2.24) is 9.97 Å². The highest BCUT2D eigenvalue weighted by atomic mass is 16.4. The number of hydrogen-bond acceptors (Lipinski definition) is 6. The van der Waals surface area contributed by atoms with Gasteiger partial charge in [0.05, 0.1) is 0 Å². The van der Waals surface area contributed by atoms with Gasteiger partial charge >= 0.3 is 0 Å². The molecule has 0 N–H and O–H groups in total. The first-order chi connectivity index (χ1) is 37.9. The van der Waals surface area contributed by atoms with Crippen LogP contribution in [0.3, 0.4) is 0 Å². The maximum absolute atomic E-state index is 6.17. The third-order valence-corrected chi connectivity index (χ3v) is 15.2. The fraction of sp³-hybridized carbons (Fsp3) is 0.0423. The summed E-state index contributed by atoms with van der Waals surface area (Å²) < 4.78 is 12.3. The molecule has 0 atom stereocenters. The lowest BCUT2D eigenvalue weighted by molar-refractivity contribution is 0.619. The molecular weight excluding hydrogens is 941 g/mol. The van der Waals surface area contributed by atoms with E-state index in [0.717, 1.165) is 73.0 Å². The van der Waals surface area contributed by atoms with Crippen LogP contribution in [0.25, 0.3) is 89.6 Å². The predicted molar refractivity (Wildman–Crippen MR) is 316 cm³/mol. The van der Waals surface area contributed by atoms with Gasteiger partial charge in [-0.25, -0.2) is 9.97 Å². The van der Waals surface area contributed by atoms with Crippen LogP contribution in [0, 0.1) is 0 Å². The van der Waals surface area contributed by atoms with Gasteiger partial charge in [0.25, 0.3) is 0 Å². The van der Waals surface area contributed by atoms with E-state index in [1.807, 2.05) is 48.5 Å². The Bertz CT molecular complexity index is 4190. The van der Waals surface area contributed by atoms with E-state index in [1.165, 1.54) is 50.1 Å². The zero-order chi connectivity index (χ0) is 51.5. The van der Waals surface area contributed by atoms with Crippen molar-refractivity contribution in [2.45, 2.75) is 19.3 Å². The molecular formula is C71H50N4O2. The molecule has 0 saturated carbocycles. The Morgan fingerprint density at radius 3 is 1.03 bits per heavy atom. The van der Waals surface area contributed by atoms with Crippen molar-refractivity contribution in [3.05, 3.63) is 278 Å². The fourth-order valence-corrected chi connectivity index (χ4v) is 11.1. The molecule has 1 aliphatic rings. The number of nitrogens with zero attached hydrogens (tertiary/aromatic N) is 4. The number of aromatic nitrogens is 2. The van der Waals surface area contributed by atoms with Gasteiger partial charge in [-0.3, -0.25) is 0 Å². The van der Waals surface area contributed by atoms with Crippen LogP contribution < -0.4 is 9.80 Å². The smallest absolute Gasteiger partial charge is 0.227 e. The van der Waals surface area contributed by atoms with Crippen molar-refractivity contribution < 1.29 is 8.83 Å². The van der Waals surface area contributed by atoms with Crippen LogP contribution in [-0.4, -0.2) is 9.97 Å². The van der Waals surface area contributed by atoms with E-state index in [9.17, 15) is 0 Å². The third-order valence-electron chi connectivity index (χ3n) is 15.2. The molecule has 0 bridgehead atoms. The van der Waals surface area contributed by atoms with Crippen LogP contribution in [0.1, 0.15) is 25.0 Å². The lowest BCUT2D eigenvalue weighted by Gasteiger charge is -2.28. The van der Waals surface area contributed by atoms with Crippen molar-refractivity contribution in [1.29, 1.82) is 0 Å². The molecule has 0 unspecified atom stereocenters. The van der Waals surface area contributed by atoms with Crippen LogP contribution in [0.5, 0.6) is 0 Å². The van der Waals surface area contributed by atoms with Crippen LogP contribution in [0.2, 0.25) is 0 Å². The average Bonchev–Trinajstić information content (AvgIpc) is 4.21. The zero-order valence-corrected chi connectivity index (χ0v) is 42.5. The summed E-state index contributed by atoms with van der Waals surface area (Å²) >= 11 is 0. The molecule has 2 heterocycles. The number of fused-ring (bicyclic) bond motifs is 5. The first-order valence-corrected chi connectivity index (χ1v) is 26.1. The van der Waals surface area contributed by atoms with E-state index in [4.69, 9.17) is 18.8 Å². The van der Waals surface area contributed by atoms with Crippen molar-refractivity contribution in [3.63, 3.8) is 0 Å². The Hall–Kier alpha value is -10.0. The first kappa shape index (κ1) is 45.6. The fourth-order valence-electron chi connectivity index (χ4n) is 11.1. The van der Waals surface area contributed by atoms with Gasteiger partial charge < -0.3 is 18.6 Å². The summed E-state index contributed by atoms with van der Waals surface area (Å²) in [6, 6.07) is 94.5. The molecule has 0 radical (unpaired) electrons. The molecule has 0 amide bonds. The third kappa shape index (κ3) is 8.33. The van der Waals surface area contributed by atoms with Crippen LogP contribution >= 0.6 is 0 Å². The molecule has 77 heavy (non-hydrogen) atoms. The van der Waals surface area contributed by atoms with Crippen molar-refractivity contribution in [3.8, 4) is 67.4 Å². The van der Waals surface area contributed by atoms with E-state index in [0.29, 0.717) is 11.8 Å². The molecule has 0 spiro atoms. The number of oxazole rings is 2. The van der Waals surface area contributed by atoms with Gasteiger partial charge in [-0.05, 0) is 183 Å². The van der Waals surface area contributed by atoms with Gasteiger partial charge in [0.2, 0.25) is 11.8 Å². The maximum atomic E-state index is 6.17. The summed E-state index contributed by atoms with van der Waals surface area (Å²) in [5.74, 6) is 1.21. The van der Waals surface area contributed by atoms with Crippen molar-refractivity contribution in [2.75, 3.05) is 9.80 Å². The first-order valence-electron chi connectivity index (χ1n) is 26.1. The second-order valence-corrected chi connectivity index (χ2v) is 20.2. The largest absolute Gasteiger partial charge is 0.436 e. The summed E-state index contributed by atoms with van der Waals surface area (Å²) in [5.41, 5.74) is 23.3. The highest BCUT2D eigenvalue weighted by Gasteiger charge is 2.36. The van der Waals surface area contributed by atoms with Gasteiger partial charge in [-0.15, -0.1) is 0 Å². The molecule has 14 rings (SSSR count). The monoisotopic (exact) mass is 990 g/mol. The minimum absolute atomic E-state index is 0.275. The summed E-state index contributed by atoms with van der Waals surface area (Å²) in [5, 5.41) is 0. The van der Waals surface area contributed by atoms with Crippen LogP contribution in [-0.2, 0) is 5.41 Å². The number of para-hydroxylation sites is 4. The van der Waals surface area contributed by atoms with Gasteiger partial charge in [0.1, 0.15) is 11.0 Å². The minimum Gasteiger partial charge on any atom is -0.436 e. The molecule has 6 heteroatoms. The maximum Gasteiger partial charge on any atom is 0.227 e. The standard InChI is InChI=1S/C71H50N4O2/c1-71(2)63-45-54(51-25-36-56(37-26-51)74(55-32-21-49(22-33-55)47-13-5-3-6-14-47)57-38-27-52(28-39-57)69-72-65-17-9-11-19-67(65)76-69)31-43-61(63)62-44-42-60(46-64(62)71)75(58-34-23-50(24-35-58)48-15-7-4-8-16-48)59-40-29-53(30-41-59)70-73-66-18-10-12-20-68(66)77-70/h3-46H,1-2H3. The molecule has 366 valence electrons. The van der Waals surface area contributed by atoms with E-state index < -0.39 is 0 Å². The van der Waals surface area contributed by atoms with E-state index in [1.54, 1.807) is 0 Å². The Balaban J connectivity index is 0.783. The minimum atomic E-state index is -0.275. The Kier molecular flexibility index (Phi) is 11.1. The summed E-state index contributed by atoms with van der Waals surface area (Å²) in [7, 11) is 0. The Morgan fingerprint density at radius 2 is 0.597 bits per heavy atom. The second kappa shape index (κ2) is 18.7. The Morgan fingerprint density at radius 1 is 0.286 bits per heavy atom. The highest BCUT2D eigenvalue weighted by Crippen LogP contribution is 2.52.